The highest BCUT2D eigenvalue weighted by Crippen LogP contribution is 2.21. The molecule has 0 radical (unpaired) electrons. The molecule has 2 aromatic rings. The van der Waals surface area contributed by atoms with Gasteiger partial charge in [-0.15, -0.1) is 0 Å². The molecular weight excluding hydrogens is 417 g/mol. The van der Waals surface area contributed by atoms with Crippen LogP contribution in [0.2, 0.25) is 0 Å². The lowest BCUT2D eigenvalue weighted by Crippen LogP contribution is -2.54. The maximum Gasteiger partial charge on any atom is 0.407 e. The number of hydrogen-bond donors (Lipinski definition) is 2. The van der Waals surface area contributed by atoms with E-state index in [1.165, 1.54) is 17.0 Å². The van der Waals surface area contributed by atoms with Crippen LogP contribution >= 0.6 is 0 Å². The Hall–Kier alpha value is -2.92. The number of benzene rings is 1. The topological polar surface area (TPSA) is 120 Å². The van der Waals surface area contributed by atoms with E-state index < -0.39 is 38.1 Å². The van der Waals surface area contributed by atoms with Crippen molar-refractivity contribution in [1.82, 2.24) is 13.8 Å². The number of piperazine rings is 1. The molecular formula is C19H22FN3O6S. The zero-order valence-electron chi connectivity index (χ0n) is 16.2. The molecule has 162 valence electrons. The Bertz CT molecular complexity index is 1120. The van der Waals surface area contributed by atoms with Gasteiger partial charge in [-0.2, -0.15) is 0 Å². The van der Waals surface area contributed by atoms with Gasteiger partial charge in [0.05, 0.1) is 4.90 Å². The van der Waals surface area contributed by atoms with Crippen molar-refractivity contribution >= 4 is 16.1 Å². The number of hydrogen-bond acceptors (Lipinski definition) is 6. The highest BCUT2D eigenvalue weighted by molar-refractivity contribution is 7.90. The molecule has 0 aliphatic carbocycles. The van der Waals surface area contributed by atoms with Crippen molar-refractivity contribution in [3.8, 4) is 5.75 Å². The quantitative estimate of drug-likeness (QED) is 0.724. The zero-order valence-corrected chi connectivity index (χ0v) is 17.0. The van der Waals surface area contributed by atoms with Gasteiger partial charge in [0.2, 0.25) is 0 Å². The monoisotopic (exact) mass is 439 g/mol. The fourth-order valence-electron chi connectivity index (χ4n) is 3.51. The number of carbonyl (C=O) groups is 1. The summed E-state index contributed by atoms with van der Waals surface area (Å²) in [6.07, 6.45) is 0.652. The average Bonchev–Trinajstić information content (AvgIpc) is 2.71. The van der Waals surface area contributed by atoms with Gasteiger partial charge >= 0.3 is 11.7 Å². The summed E-state index contributed by atoms with van der Waals surface area (Å²) >= 11 is 0. The van der Waals surface area contributed by atoms with Crippen LogP contribution in [0.15, 0.2) is 46.2 Å². The van der Waals surface area contributed by atoms with Crippen molar-refractivity contribution in [3.63, 3.8) is 0 Å². The van der Waals surface area contributed by atoms with E-state index in [2.05, 4.69) is 0 Å². The molecule has 1 atom stereocenters. The van der Waals surface area contributed by atoms with Gasteiger partial charge in [-0.1, -0.05) is 13.0 Å². The van der Waals surface area contributed by atoms with Crippen LogP contribution in [0.25, 0.3) is 0 Å². The minimum Gasteiger partial charge on any atom is -0.503 e. The van der Waals surface area contributed by atoms with E-state index >= 15 is 0 Å². The molecule has 1 unspecified atom stereocenters. The second kappa shape index (κ2) is 8.44. The molecule has 0 spiro atoms. The first-order valence-electron chi connectivity index (χ1n) is 9.31. The van der Waals surface area contributed by atoms with Crippen molar-refractivity contribution in [2.45, 2.75) is 30.8 Å². The molecule has 0 saturated carbocycles. The molecule has 11 heteroatoms. The Morgan fingerprint density at radius 3 is 2.63 bits per heavy atom. The van der Waals surface area contributed by atoms with Crippen molar-refractivity contribution < 1.29 is 27.8 Å². The Kier molecular flexibility index (Phi) is 6.13. The lowest BCUT2D eigenvalue weighted by molar-refractivity contribution is 0.0626. The molecule has 3 rings (SSSR count). The first-order chi connectivity index (χ1) is 14.1. The highest BCUT2D eigenvalue weighted by Gasteiger charge is 2.30. The summed E-state index contributed by atoms with van der Waals surface area (Å²) in [5, 5.41) is 19.6. The first-order valence-corrected chi connectivity index (χ1v) is 10.8. The van der Waals surface area contributed by atoms with E-state index in [1.54, 1.807) is 0 Å². The Morgan fingerprint density at radius 1 is 1.27 bits per heavy atom. The van der Waals surface area contributed by atoms with E-state index in [0.29, 0.717) is 30.0 Å². The number of amides is 1. The van der Waals surface area contributed by atoms with Crippen molar-refractivity contribution in [1.29, 1.82) is 0 Å². The molecule has 1 aromatic carbocycles. The van der Waals surface area contributed by atoms with Crippen LogP contribution in [0.3, 0.4) is 0 Å². The second-order valence-corrected chi connectivity index (χ2v) is 8.84. The summed E-state index contributed by atoms with van der Waals surface area (Å²) in [6.45, 7) is 3.16. The second-order valence-electron chi connectivity index (χ2n) is 7.03. The van der Waals surface area contributed by atoms with Gasteiger partial charge in [-0.25, -0.2) is 21.6 Å². The van der Waals surface area contributed by atoms with Crippen LogP contribution < -0.4 is 5.56 Å². The molecule has 1 saturated heterocycles. The zero-order chi connectivity index (χ0) is 22.1. The van der Waals surface area contributed by atoms with Crippen molar-refractivity contribution in [2.75, 3.05) is 19.6 Å². The smallest absolute Gasteiger partial charge is 0.407 e. The van der Waals surface area contributed by atoms with E-state index in [4.69, 9.17) is 0 Å². The Balaban J connectivity index is 1.86. The normalized spacial score (nSPS) is 17.8. The van der Waals surface area contributed by atoms with E-state index in [9.17, 15) is 32.6 Å². The molecule has 9 nitrogen and oxygen atoms in total. The molecule has 0 bridgehead atoms. The third-order valence-corrected chi connectivity index (χ3v) is 6.80. The van der Waals surface area contributed by atoms with Gasteiger partial charge in [0.15, 0.2) is 5.75 Å². The molecule has 2 heterocycles. The molecule has 30 heavy (non-hydrogen) atoms. The fourth-order valence-corrected chi connectivity index (χ4v) is 4.77. The predicted octanol–water partition coefficient (Wildman–Crippen LogP) is 1.50. The fraction of sp³-hybridized carbons (Fsp3) is 0.368. The standard InChI is InChI=1S/C19H22FN3O6S/c1-2-15-12-21(8-9-22(15)19(26)27)11-13-6-7-23(18(25)17(13)24)30(28,29)16-5-3-4-14(20)10-16/h3-7,10,15,24H,2,8-9,11-12H2,1H3,(H,26,27). The number of nitrogens with zero attached hydrogens (tertiary/aromatic N) is 3. The van der Waals surface area contributed by atoms with E-state index in [0.717, 1.165) is 24.4 Å². The first kappa shape index (κ1) is 21.8. The van der Waals surface area contributed by atoms with E-state index in [1.807, 2.05) is 11.8 Å². The van der Waals surface area contributed by atoms with Crippen LogP contribution in [0, 0.1) is 5.82 Å². The Labute approximate surface area is 172 Å². The lowest BCUT2D eigenvalue weighted by atomic mass is 10.1. The molecule has 1 fully saturated rings. The third kappa shape index (κ3) is 4.17. The van der Waals surface area contributed by atoms with Gasteiger partial charge in [0.25, 0.3) is 10.0 Å². The lowest BCUT2D eigenvalue weighted by Gasteiger charge is -2.39. The van der Waals surface area contributed by atoms with Crippen LogP contribution in [0.1, 0.15) is 18.9 Å². The summed E-state index contributed by atoms with van der Waals surface area (Å²) in [5.74, 6) is -1.48. The molecule has 1 aliphatic rings. The number of pyridine rings is 1. The summed E-state index contributed by atoms with van der Waals surface area (Å²) in [6, 6.07) is 5.34. The average molecular weight is 439 g/mol. The maximum atomic E-state index is 13.4. The maximum absolute atomic E-state index is 13.4. The number of carboxylic acid groups (broad SMARTS) is 1. The molecule has 1 aromatic heterocycles. The Morgan fingerprint density at radius 2 is 2.00 bits per heavy atom. The summed E-state index contributed by atoms with van der Waals surface area (Å²) < 4.78 is 39.1. The predicted molar refractivity (Wildman–Crippen MR) is 105 cm³/mol. The number of aromatic hydroxyl groups is 1. The molecule has 1 aliphatic heterocycles. The summed E-state index contributed by atoms with van der Waals surface area (Å²) in [4.78, 5) is 26.7. The minimum absolute atomic E-state index is 0.159. The van der Waals surface area contributed by atoms with Gasteiger partial charge in [-0.05, 0) is 30.7 Å². The van der Waals surface area contributed by atoms with Crippen LogP contribution in [-0.2, 0) is 16.6 Å². The van der Waals surface area contributed by atoms with Gasteiger partial charge in [0.1, 0.15) is 5.82 Å². The highest BCUT2D eigenvalue weighted by atomic mass is 32.2. The van der Waals surface area contributed by atoms with Crippen molar-refractivity contribution in [3.05, 3.63) is 58.3 Å². The number of aromatic nitrogens is 1. The molecule has 1 amide bonds. The summed E-state index contributed by atoms with van der Waals surface area (Å²) in [7, 11) is -4.38. The van der Waals surface area contributed by atoms with Crippen LogP contribution in [0.5, 0.6) is 5.75 Å². The van der Waals surface area contributed by atoms with Crippen molar-refractivity contribution in [2.24, 2.45) is 0 Å². The SMILES string of the molecule is CCC1CN(Cc2ccn(S(=O)(=O)c3cccc(F)c3)c(=O)c2O)CCN1C(=O)O. The van der Waals surface area contributed by atoms with Gasteiger partial charge in [0, 0.05) is 44.0 Å². The summed E-state index contributed by atoms with van der Waals surface area (Å²) in [5.41, 5.74) is -0.905. The number of rotatable bonds is 5. The number of halogens is 1. The minimum atomic E-state index is -4.38. The van der Waals surface area contributed by atoms with Crippen LogP contribution in [0.4, 0.5) is 9.18 Å². The van der Waals surface area contributed by atoms with E-state index in [-0.39, 0.29) is 18.2 Å². The third-order valence-electron chi connectivity index (χ3n) is 5.15. The van der Waals surface area contributed by atoms with Gasteiger partial charge < -0.3 is 15.1 Å². The van der Waals surface area contributed by atoms with Crippen LogP contribution in [-0.4, -0.2) is 64.2 Å². The molecule has 2 N–H and O–H groups in total. The largest absolute Gasteiger partial charge is 0.503 e. The van der Waals surface area contributed by atoms with Gasteiger partial charge in [-0.3, -0.25) is 9.69 Å².